The maximum Gasteiger partial charge on any atom is 0.416 e. The number of likely N-dealkylation sites (tertiary alicyclic amines) is 1. The molecule has 0 saturated carbocycles. The van der Waals surface area contributed by atoms with Gasteiger partial charge in [0.05, 0.1) is 5.56 Å². The number of carbonyl (C=O) groups is 1. The predicted octanol–water partition coefficient (Wildman–Crippen LogP) is 3.33. The Labute approximate surface area is 116 Å². The molecule has 1 fully saturated rings. The number of rotatable bonds is 3. The maximum atomic E-state index is 12.5. The van der Waals surface area contributed by atoms with E-state index in [-0.39, 0.29) is 11.8 Å². The van der Waals surface area contributed by atoms with Crippen LogP contribution in [0.2, 0.25) is 0 Å². The zero-order valence-corrected chi connectivity index (χ0v) is 11.4. The number of hydrogen-bond donors (Lipinski definition) is 0. The molecule has 0 bridgehead atoms. The second kappa shape index (κ2) is 5.95. The van der Waals surface area contributed by atoms with Crippen LogP contribution in [0.25, 0.3) is 0 Å². The van der Waals surface area contributed by atoms with Crippen LogP contribution in [0.5, 0.6) is 0 Å². The summed E-state index contributed by atoms with van der Waals surface area (Å²) in [5.74, 6) is -0.136. The standard InChI is InChI=1S/C15H18F3NO/c1-19-8-2-3-12(9-19)14(10-20)11-4-6-13(7-5-11)15(16,17)18/h4-7,10,12,14H,2-3,8-9H2,1H3. The molecule has 20 heavy (non-hydrogen) atoms. The van der Waals surface area contributed by atoms with Crippen molar-refractivity contribution in [1.29, 1.82) is 0 Å². The van der Waals surface area contributed by atoms with Crippen molar-refractivity contribution in [2.45, 2.75) is 24.9 Å². The van der Waals surface area contributed by atoms with Gasteiger partial charge >= 0.3 is 6.18 Å². The third-order valence-electron chi connectivity index (χ3n) is 3.94. The van der Waals surface area contributed by atoms with Crippen molar-refractivity contribution >= 4 is 6.29 Å². The second-order valence-corrected chi connectivity index (χ2v) is 5.45. The molecule has 0 spiro atoms. The fraction of sp³-hybridized carbons (Fsp3) is 0.533. The van der Waals surface area contributed by atoms with Crippen molar-refractivity contribution < 1.29 is 18.0 Å². The van der Waals surface area contributed by atoms with Gasteiger partial charge in [-0.15, -0.1) is 0 Å². The Morgan fingerprint density at radius 2 is 1.95 bits per heavy atom. The van der Waals surface area contributed by atoms with E-state index < -0.39 is 11.7 Å². The summed E-state index contributed by atoms with van der Waals surface area (Å²) in [4.78, 5) is 13.5. The van der Waals surface area contributed by atoms with E-state index in [0.29, 0.717) is 5.56 Å². The summed E-state index contributed by atoms with van der Waals surface area (Å²) in [5, 5.41) is 0. The quantitative estimate of drug-likeness (QED) is 0.794. The van der Waals surface area contributed by atoms with E-state index in [0.717, 1.165) is 44.4 Å². The highest BCUT2D eigenvalue weighted by Gasteiger charge is 2.31. The molecule has 0 amide bonds. The highest BCUT2D eigenvalue weighted by atomic mass is 19.4. The number of nitrogens with zero attached hydrogens (tertiary/aromatic N) is 1. The van der Waals surface area contributed by atoms with E-state index in [2.05, 4.69) is 4.90 Å². The summed E-state index contributed by atoms with van der Waals surface area (Å²) in [6, 6.07) is 4.96. The van der Waals surface area contributed by atoms with Gasteiger partial charge in [0.1, 0.15) is 6.29 Å². The lowest BCUT2D eigenvalue weighted by molar-refractivity contribution is -0.137. The Morgan fingerprint density at radius 3 is 2.45 bits per heavy atom. The molecule has 1 heterocycles. The zero-order chi connectivity index (χ0) is 14.8. The van der Waals surface area contributed by atoms with Crippen LogP contribution >= 0.6 is 0 Å². The van der Waals surface area contributed by atoms with Gasteiger partial charge in [-0.2, -0.15) is 13.2 Å². The van der Waals surface area contributed by atoms with E-state index in [1.807, 2.05) is 7.05 Å². The topological polar surface area (TPSA) is 20.3 Å². The van der Waals surface area contributed by atoms with Crippen LogP contribution < -0.4 is 0 Å². The van der Waals surface area contributed by atoms with E-state index >= 15 is 0 Å². The Balaban J connectivity index is 2.17. The summed E-state index contributed by atoms with van der Waals surface area (Å²) in [6.07, 6.45) is -1.51. The minimum Gasteiger partial charge on any atom is -0.306 e. The summed E-state index contributed by atoms with van der Waals surface area (Å²) in [7, 11) is 2.00. The minimum atomic E-state index is -4.33. The van der Waals surface area contributed by atoms with Gasteiger partial charge in [-0.3, -0.25) is 0 Å². The molecule has 0 N–H and O–H groups in total. The largest absolute Gasteiger partial charge is 0.416 e. The van der Waals surface area contributed by atoms with Crippen molar-refractivity contribution in [2.24, 2.45) is 5.92 Å². The monoisotopic (exact) mass is 285 g/mol. The van der Waals surface area contributed by atoms with Crippen molar-refractivity contribution in [3.8, 4) is 0 Å². The number of hydrogen-bond acceptors (Lipinski definition) is 2. The van der Waals surface area contributed by atoms with Crippen LogP contribution in [0.3, 0.4) is 0 Å². The molecule has 2 unspecified atom stereocenters. The highest BCUT2D eigenvalue weighted by molar-refractivity contribution is 5.63. The van der Waals surface area contributed by atoms with Gasteiger partial charge in [-0.1, -0.05) is 12.1 Å². The second-order valence-electron chi connectivity index (χ2n) is 5.45. The van der Waals surface area contributed by atoms with Crippen LogP contribution in [0.4, 0.5) is 13.2 Å². The molecule has 2 atom stereocenters. The number of piperidine rings is 1. The van der Waals surface area contributed by atoms with Crippen LogP contribution in [0.1, 0.15) is 29.9 Å². The summed E-state index contributed by atoms with van der Waals surface area (Å²) < 4.78 is 37.6. The van der Waals surface area contributed by atoms with Crippen molar-refractivity contribution in [2.75, 3.05) is 20.1 Å². The van der Waals surface area contributed by atoms with E-state index in [1.54, 1.807) is 0 Å². The first-order valence-electron chi connectivity index (χ1n) is 6.73. The molecule has 0 aliphatic carbocycles. The van der Waals surface area contributed by atoms with E-state index in [9.17, 15) is 18.0 Å². The molecule has 1 aromatic carbocycles. The Morgan fingerprint density at radius 1 is 1.30 bits per heavy atom. The molecule has 1 aromatic rings. The average Bonchev–Trinajstić information content (AvgIpc) is 2.39. The Bertz CT molecular complexity index is 455. The SMILES string of the molecule is CN1CCCC(C(C=O)c2ccc(C(F)(F)F)cc2)C1. The molecule has 5 heteroatoms. The Kier molecular flexibility index (Phi) is 4.48. The van der Waals surface area contributed by atoms with Crippen LogP contribution in [0.15, 0.2) is 24.3 Å². The molecule has 0 radical (unpaired) electrons. The first kappa shape index (κ1) is 15.0. The van der Waals surface area contributed by atoms with E-state index in [4.69, 9.17) is 0 Å². The highest BCUT2D eigenvalue weighted by Crippen LogP contribution is 2.33. The molecular weight excluding hydrogens is 267 g/mol. The van der Waals surface area contributed by atoms with Crippen molar-refractivity contribution in [3.05, 3.63) is 35.4 Å². The van der Waals surface area contributed by atoms with Crippen LogP contribution in [-0.2, 0) is 11.0 Å². The predicted molar refractivity (Wildman–Crippen MR) is 70.5 cm³/mol. The number of alkyl halides is 3. The lowest BCUT2D eigenvalue weighted by Gasteiger charge is -2.33. The van der Waals surface area contributed by atoms with Gasteiger partial charge in [0, 0.05) is 12.5 Å². The summed E-state index contributed by atoms with van der Waals surface area (Å²) in [5.41, 5.74) is -0.0000359. The first-order chi connectivity index (χ1) is 9.41. The van der Waals surface area contributed by atoms with Crippen molar-refractivity contribution in [3.63, 3.8) is 0 Å². The minimum absolute atomic E-state index is 0.183. The van der Waals surface area contributed by atoms with Gasteiger partial charge in [-0.25, -0.2) is 0 Å². The number of carbonyl (C=O) groups excluding carboxylic acids is 1. The first-order valence-corrected chi connectivity index (χ1v) is 6.73. The zero-order valence-electron chi connectivity index (χ0n) is 11.4. The fourth-order valence-electron chi connectivity index (χ4n) is 2.86. The lowest BCUT2D eigenvalue weighted by Crippen LogP contribution is -2.35. The van der Waals surface area contributed by atoms with Crippen molar-refractivity contribution in [1.82, 2.24) is 4.90 Å². The van der Waals surface area contributed by atoms with Gasteiger partial charge in [0.25, 0.3) is 0 Å². The van der Waals surface area contributed by atoms with Gasteiger partial charge < -0.3 is 9.69 Å². The number of halogens is 3. The Hall–Kier alpha value is -1.36. The summed E-state index contributed by atoms with van der Waals surface area (Å²) in [6.45, 7) is 1.82. The molecule has 110 valence electrons. The molecule has 1 saturated heterocycles. The normalized spacial score (nSPS) is 22.5. The number of aldehydes is 1. The van der Waals surface area contributed by atoms with Gasteiger partial charge in [-0.05, 0) is 50.0 Å². The van der Waals surface area contributed by atoms with E-state index in [1.165, 1.54) is 12.1 Å². The molecular formula is C15H18F3NO. The smallest absolute Gasteiger partial charge is 0.306 e. The molecule has 0 aromatic heterocycles. The molecule has 1 aliphatic rings. The third-order valence-corrected chi connectivity index (χ3v) is 3.94. The van der Waals surface area contributed by atoms with Crippen LogP contribution in [-0.4, -0.2) is 31.3 Å². The average molecular weight is 285 g/mol. The molecule has 2 rings (SSSR count). The number of benzene rings is 1. The van der Waals surface area contributed by atoms with Gasteiger partial charge in [0.15, 0.2) is 0 Å². The molecule has 2 nitrogen and oxygen atoms in total. The molecule has 1 aliphatic heterocycles. The third kappa shape index (κ3) is 3.39. The lowest BCUT2D eigenvalue weighted by atomic mass is 9.82. The summed E-state index contributed by atoms with van der Waals surface area (Å²) >= 11 is 0. The maximum absolute atomic E-state index is 12.5. The van der Waals surface area contributed by atoms with Crippen LogP contribution in [0, 0.1) is 5.92 Å². The fourth-order valence-corrected chi connectivity index (χ4v) is 2.86. The van der Waals surface area contributed by atoms with Gasteiger partial charge in [0.2, 0.25) is 0 Å².